The fourth-order valence-corrected chi connectivity index (χ4v) is 25.4. The van der Waals surface area contributed by atoms with Crippen molar-refractivity contribution < 1.29 is 48.3 Å². The van der Waals surface area contributed by atoms with E-state index in [1.807, 2.05) is 19.1 Å². The zero-order valence-electron chi connectivity index (χ0n) is 60.6. The Bertz CT molecular complexity index is 5050. The number of benzene rings is 6. The highest BCUT2D eigenvalue weighted by Crippen LogP contribution is 2.68. The third kappa shape index (κ3) is 9.79. The molecule has 25 rings (SSSR count). The van der Waals surface area contributed by atoms with Gasteiger partial charge in [-0.1, -0.05) is 159 Å². The number of hydrogen-bond acceptors (Lipinski definition) is 11. The average molecular weight is 1400 g/mol. The summed E-state index contributed by atoms with van der Waals surface area (Å²) >= 11 is 0. The molecule has 1 aromatic heterocycles. The number of ether oxygens (including phenoxy) is 4. The minimum Gasteiger partial charge on any atom is -0.483 e. The van der Waals surface area contributed by atoms with Crippen LogP contribution in [-0.4, -0.2) is 65.9 Å². The van der Waals surface area contributed by atoms with Crippen molar-refractivity contribution in [1.82, 2.24) is 0 Å². The second-order valence-corrected chi connectivity index (χ2v) is 34.2. The Balaban J connectivity index is 0.888. The molecule has 11 heteroatoms. The first kappa shape index (κ1) is 66.1. The maximum absolute atomic E-state index is 16.9. The summed E-state index contributed by atoms with van der Waals surface area (Å²) in [4.78, 5) is 48.6. The van der Waals surface area contributed by atoms with E-state index in [1.54, 1.807) is 0 Å². The molecule has 6 aromatic carbocycles. The molecule has 14 aliphatic carbocycles. The van der Waals surface area contributed by atoms with Crippen LogP contribution in [0.2, 0.25) is 0 Å². The molecule has 2 spiro atoms. The average Bonchev–Trinajstić information content (AvgIpc) is 1.67. The van der Waals surface area contributed by atoms with E-state index in [-0.39, 0.29) is 120 Å². The summed E-state index contributed by atoms with van der Waals surface area (Å²) in [6.45, 7) is 2.82. The van der Waals surface area contributed by atoms with Gasteiger partial charge in [0, 0.05) is 88.6 Å². The number of rotatable bonds is 7. The van der Waals surface area contributed by atoms with E-state index in [2.05, 4.69) is 152 Å². The molecule has 4 fully saturated rings. The molecule has 18 aliphatic rings. The molecule has 0 radical (unpaired) electrons. The molecule has 0 amide bonds. The number of methoxy groups -OCH3 is 1. The van der Waals surface area contributed by atoms with Crippen molar-refractivity contribution in [2.45, 2.75) is 194 Å². The third-order valence-electron chi connectivity index (χ3n) is 29.8. The molecular weight excluding hydrogens is 1310 g/mol. The molecule has 5 heterocycles. The summed E-state index contributed by atoms with van der Waals surface area (Å²) in [6, 6.07) is 44.3. The molecule has 19 atom stereocenters. The molecule has 3 saturated carbocycles. The molecule has 1 saturated heterocycles. The zero-order valence-corrected chi connectivity index (χ0v) is 60.6. The van der Waals surface area contributed by atoms with Crippen molar-refractivity contribution >= 4 is 35.1 Å². The van der Waals surface area contributed by atoms with Gasteiger partial charge in [0.25, 0.3) is 0 Å². The normalized spacial score (nSPS) is 34.4. The fourth-order valence-electron chi connectivity index (χ4n) is 25.4. The predicted octanol–water partition coefficient (Wildman–Crippen LogP) is 17.0. The van der Waals surface area contributed by atoms with Crippen molar-refractivity contribution in [3.8, 4) is 17.6 Å². The van der Waals surface area contributed by atoms with Crippen LogP contribution in [0.3, 0.4) is 0 Å². The van der Waals surface area contributed by atoms with Gasteiger partial charge in [0.05, 0.1) is 25.4 Å². The predicted molar refractivity (Wildman–Crippen MR) is 404 cm³/mol. The lowest BCUT2D eigenvalue weighted by Crippen LogP contribution is -2.59. The van der Waals surface area contributed by atoms with Gasteiger partial charge in [0.15, 0.2) is 17.8 Å². The van der Waals surface area contributed by atoms with Gasteiger partial charge in [-0.2, -0.15) is 0 Å². The second-order valence-electron chi connectivity index (χ2n) is 34.2. The Hall–Kier alpha value is -8.37. The van der Waals surface area contributed by atoms with E-state index in [0.717, 1.165) is 75.3 Å². The van der Waals surface area contributed by atoms with Crippen LogP contribution in [0, 0.1) is 59.2 Å². The number of carbonyl (C=O) groups excluding carboxylic acids is 2. The van der Waals surface area contributed by atoms with Gasteiger partial charge in [-0.15, -0.1) is 0 Å². The lowest BCUT2D eigenvalue weighted by Gasteiger charge is -2.55. The SMILES string of the molecule is COC[C@@H](CCO)c1c(CO)c2ccc3c(c2oc1=O)[C@H]1OC(=O)C[C@H]2C[C@H]4C=C[C@@H]2c2ccc5c(c2)[C@H]2C[C@@H]6[C@H]7C8=Cc9ccccc9[C@H]7C[C@H]6[C@](C)(O3)[C@H]1OC(=O)/C(=C(/C)CO)C[C@@H]5[C@H](C2)[C@@]1(CCCC[C@@H]1C#C8)c1ccc(cc1)Cc1ccc2c(c1)[C@]13c5cccc4c5CC[C@H]1CCC[C@@H]3C=C2. The molecule has 21 bridgehead atoms. The van der Waals surface area contributed by atoms with E-state index >= 15 is 14.4 Å². The van der Waals surface area contributed by atoms with Crippen LogP contribution in [0.5, 0.6) is 5.75 Å². The highest BCUT2D eigenvalue weighted by atomic mass is 16.6. The highest BCUT2D eigenvalue weighted by molar-refractivity contribution is 5.91. The van der Waals surface area contributed by atoms with Crippen LogP contribution in [-0.2, 0) is 54.1 Å². The van der Waals surface area contributed by atoms with Crippen LogP contribution in [0.15, 0.2) is 159 Å². The molecule has 105 heavy (non-hydrogen) atoms. The van der Waals surface area contributed by atoms with Gasteiger partial charge in [-0.3, -0.25) is 4.79 Å². The van der Waals surface area contributed by atoms with E-state index < -0.39 is 59.9 Å². The first-order valence-electron chi connectivity index (χ1n) is 39.7. The fraction of sp³-hybridized carbons (Fsp3) is 0.457. The minimum absolute atomic E-state index is 0.0165. The number of aliphatic hydroxyl groups excluding tert-OH is 3. The zero-order chi connectivity index (χ0) is 70.9. The minimum atomic E-state index is -1.45. The Morgan fingerprint density at radius 1 is 0.752 bits per heavy atom. The molecule has 3 N–H and O–H groups in total. The smallest absolute Gasteiger partial charge is 0.340 e. The standard InChI is InChI=1S/C94H94O11/c1-51(48-96)72-46-74-69-31-24-57-42-73(69)61-43-76-80-47-75-68-14-5-4-10-55(68)40-58(84(75)76)22-27-62-11-6-7-36-93(62,81(74)44-61)63-25-18-52(19-26-63)38-53-17-20-54-21-28-64-12-8-13-65-29-32-70-67(15-9-16-78(70)94(64,65)79(54)39-53)56-23-30-66(57)60(41-56)45-83(98)102-88-86-82(105-92(80,2)89(88)104-90(72)99)34-33-71-77(49-97)85(91(100)103-87(71)86)59(35-37-95)50-101-3/h4-5,9-10,14-21,23-26,28,30-31,33-34,39-40,42,56,59-62,64-66,74-76,80-81,84,88-89,95-97H,6-8,11-13,29,32,35-38,41,43-50H2,1-3H3/b72-51-/t56-,59-,60-,61+,62-,64-,65-,66-,74+,75-,76+,80-,81+,84+,88-,89+,92+,93-,94+/m1/s1. The summed E-state index contributed by atoms with van der Waals surface area (Å²) in [5.74, 6) is 6.52. The Labute approximate surface area is 615 Å². The first-order chi connectivity index (χ1) is 51.3. The van der Waals surface area contributed by atoms with Crippen LogP contribution >= 0.6 is 0 Å². The van der Waals surface area contributed by atoms with Crippen LogP contribution in [0.1, 0.15) is 241 Å². The number of fused-ring (bicyclic) bond motifs is 9. The molecule has 536 valence electrons. The summed E-state index contributed by atoms with van der Waals surface area (Å²) in [6.07, 6.45) is 23.3. The maximum Gasteiger partial charge on any atom is 0.340 e. The summed E-state index contributed by atoms with van der Waals surface area (Å²) in [5, 5.41) is 34.2. The van der Waals surface area contributed by atoms with Gasteiger partial charge in [0.2, 0.25) is 0 Å². The number of carbonyl (C=O) groups is 2. The van der Waals surface area contributed by atoms with Gasteiger partial charge < -0.3 is 38.7 Å². The van der Waals surface area contributed by atoms with Crippen molar-refractivity contribution in [1.29, 1.82) is 0 Å². The lowest BCUT2D eigenvalue weighted by atomic mass is 9.48. The van der Waals surface area contributed by atoms with Gasteiger partial charge in [-0.05, 0) is 246 Å². The van der Waals surface area contributed by atoms with Crippen molar-refractivity contribution in [2.75, 3.05) is 26.9 Å². The third-order valence-corrected chi connectivity index (χ3v) is 29.8. The van der Waals surface area contributed by atoms with Crippen LogP contribution in [0.25, 0.3) is 23.1 Å². The number of aliphatic hydroxyl groups is 3. The van der Waals surface area contributed by atoms with Gasteiger partial charge in [-0.25, -0.2) is 9.59 Å². The molecule has 4 aliphatic heterocycles. The highest BCUT2D eigenvalue weighted by Gasteiger charge is 2.65. The number of esters is 2. The summed E-state index contributed by atoms with van der Waals surface area (Å²) in [5.41, 5.74) is 17.1. The van der Waals surface area contributed by atoms with Crippen LogP contribution < -0.4 is 10.4 Å². The summed E-state index contributed by atoms with van der Waals surface area (Å²) in [7, 11) is 1.54. The Morgan fingerprint density at radius 3 is 2.48 bits per heavy atom. The van der Waals surface area contributed by atoms with E-state index in [1.165, 1.54) is 86.7 Å². The number of hydrogen-bond donors (Lipinski definition) is 3. The number of allylic oxidation sites excluding steroid dienone is 4. The van der Waals surface area contributed by atoms with Crippen molar-refractivity contribution in [3.63, 3.8) is 0 Å². The molecule has 11 nitrogen and oxygen atoms in total. The first-order valence-corrected chi connectivity index (χ1v) is 39.7. The largest absolute Gasteiger partial charge is 0.483 e. The quantitative estimate of drug-likeness (QED) is 0.0458. The van der Waals surface area contributed by atoms with Crippen molar-refractivity contribution in [2.24, 2.45) is 47.3 Å². The van der Waals surface area contributed by atoms with Crippen molar-refractivity contribution in [3.05, 3.63) is 250 Å². The van der Waals surface area contributed by atoms with E-state index in [0.29, 0.717) is 52.5 Å². The van der Waals surface area contributed by atoms with Gasteiger partial charge in [0.1, 0.15) is 11.3 Å². The molecular formula is C94H94O11. The maximum atomic E-state index is 16.9. The lowest BCUT2D eigenvalue weighted by molar-refractivity contribution is -0.202. The topological polar surface area (TPSA) is 162 Å². The van der Waals surface area contributed by atoms with E-state index in [9.17, 15) is 15.3 Å². The Kier molecular flexibility index (Phi) is 15.8. The monoisotopic (exact) mass is 1400 g/mol. The van der Waals surface area contributed by atoms with E-state index in [4.69, 9.17) is 23.4 Å². The van der Waals surface area contributed by atoms with Gasteiger partial charge >= 0.3 is 17.6 Å². The molecule has 7 aromatic rings. The summed E-state index contributed by atoms with van der Waals surface area (Å²) < 4.78 is 35.3. The molecule has 0 unspecified atom stereocenters. The second kappa shape index (κ2) is 25.1. The van der Waals surface area contributed by atoms with Crippen LogP contribution in [0.4, 0.5) is 0 Å². The Morgan fingerprint density at radius 2 is 1.62 bits per heavy atom.